The monoisotopic (exact) mass is 375 g/mol. The fourth-order valence-corrected chi connectivity index (χ4v) is 4.55. The number of imidazole rings is 1. The number of hydrogen-bond acceptors (Lipinski definition) is 2. The van der Waals surface area contributed by atoms with Crippen LogP contribution in [0, 0.1) is 0 Å². The van der Waals surface area contributed by atoms with Crippen LogP contribution in [0.3, 0.4) is 0 Å². The minimum absolute atomic E-state index is 0.155. The summed E-state index contributed by atoms with van der Waals surface area (Å²) >= 11 is 0. The maximum Gasteiger partial charge on any atom is 0.321 e. The molecule has 0 radical (unpaired) electrons. The van der Waals surface area contributed by atoms with Crippen LogP contribution in [0.2, 0.25) is 0 Å². The number of hydrogen-bond donors (Lipinski definition) is 0. The Kier molecular flexibility index (Phi) is 4.80. The van der Waals surface area contributed by atoms with Crippen molar-refractivity contribution in [3.8, 4) is 0 Å². The molecule has 1 saturated heterocycles. The van der Waals surface area contributed by atoms with Gasteiger partial charge in [0.15, 0.2) is 0 Å². The van der Waals surface area contributed by atoms with E-state index in [1.165, 1.54) is 5.82 Å². The molecule has 0 saturated carbocycles. The van der Waals surface area contributed by atoms with E-state index < -0.39 is 5.41 Å². The number of nitrogens with zero attached hydrogens (tertiary/aromatic N) is 2. The summed E-state index contributed by atoms with van der Waals surface area (Å²) in [5.41, 5.74) is 1.24. The Labute approximate surface area is 166 Å². The van der Waals surface area contributed by atoms with E-state index in [-0.39, 0.29) is 12.1 Å². The molecule has 0 N–H and O–H groups in total. The standard InChI is InChI=1S/C24H27N2O2/c1-18(2)22-25(3)14-15-26(22)17-21-16-24(23(27)28-21,19-10-6-4-7-11-19)20-12-8-5-9-13-20/h4-15,18,21H,16-17H2,1-3H3/q+1. The molecule has 1 aliphatic heterocycles. The summed E-state index contributed by atoms with van der Waals surface area (Å²) in [4.78, 5) is 13.3. The van der Waals surface area contributed by atoms with Gasteiger partial charge in [0, 0.05) is 6.42 Å². The van der Waals surface area contributed by atoms with Crippen molar-refractivity contribution in [3.05, 3.63) is 90.0 Å². The molecule has 0 spiro atoms. The highest BCUT2D eigenvalue weighted by Gasteiger charge is 2.52. The van der Waals surface area contributed by atoms with E-state index in [1.54, 1.807) is 0 Å². The molecule has 1 unspecified atom stereocenters. The fraction of sp³-hybridized carbons (Fsp3) is 0.333. The van der Waals surface area contributed by atoms with Gasteiger partial charge in [0.05, 0.1) is 13.0 Å². The predicted octanol–water partition coefficient (Wildman–Crippen LogP) is 3.74. The van der Waals surface area contributed by atoms with Gasteiger partial charge in [0.25, 0.3) is 5.82 Å². The van der Waals surface area contributed by atoms with Gasteiger partial charge in [0.2, 0.25) is 0 Å². The van der Waals surface area contributed by atoms with Crippen molar-refractivity contribution in [2.75, 3.05) is 0 Å². The quantitative estimate of drug-likeness (QED) is 0.503. The molecule has 1 aromatic heterocycles. The van der Waals surface area contributed by atoms with Crippen LogP contribution in [0.4, 0.5) is 0 Å². The van der Waals surface area contributed by atoms with Gasteiger partial charge in [0.1, 0.15) is 30.5 Å². The van der Waals surface area contributed by atoms with Crippen molar-refractivity contribution >= 4 is 5.97 Å². The molecule has 4 nitrogen and oxygen atoms in total. The van der Waals surface area contributed by atoms with Crippen LogP contribution >= 0.6 is 0 Å². The van der Waals surface area contributed by atoms with Crippen molar-refractivity contribution in [1.29, 1.82) is 0 Å². The summed E-state index contributed by atoms with van der Waals surface area (Å²) in [6, 6.07) is 20.1. The Bertz CT molecular complexity index is 921. The van der Waals surface area contributed by atoms with Crippen molar-refractivity contribution < 1.29 is 14.1 Å². The average Bonchev–Trinajstić information content (AvgIpc) is 3.23. The van der Waals surface area contributed by atoms with Crippen LogP contribution in [-0.2, 0) is 28.5 Å². The molecule has 144 valence electrons. The van der Waals surface area contributed by atoms with E-state index in [4.69, 9.17) is 4.74 Å². The van der Waals surface area contributed by atoms with Gasteiger partial charge in [-0.3, -0.25) is 4.79 Å². The molecule has 1 fully saturated rings. The molecule has 3 aromatic rings. The average molecular weight is 375 g/mol. The van der Waals surface area contributed by atoms with E-state index in [2.05, 4.69) is 42.4 Å². The minimum atomic E-state index is -0.749. The summed E-state index contributed by atoms with van der Waals surface area (Å²) in [6.45, 7) is 5.04. The van der Waals surface area contributed by atoms with Gasteiger partial charge in [-0.15, -0.1) is 0 Å². The summed E-state index contributed by atoms with van der Waals surface area (Å²) < 4.78 is 10.3. The summed E-state index contributed by atoms with van der Waals surface area (Å²) in [7, 11) is 2.06. The maximum atomic E-state index is 13.3. The Morgan fingerprint density at radius 3 is 2.18 bits per heavy atom. The number of ether oxygens (including phenoxy) is 1. The SMILES string of the molecule is CC(C)c1n(CC2CC(c3ccccc3)(c3ccccc3)C(=O)O2)cc[n+]1C. The topological polar surface area (TPSA) is 35.1 Å². The first kappa shape index (κ1) is 18.5. The second-order valence-electron chi connectivity index (χ2n) is 7.94. The van der Waals surface area contributed by atoms with Crippen molar-refractivity contribution in [2.45, 2.75) is 44.2 Å². The van der Waals surface area contributed by atoms with Crippen molar-refractivity contribution in [3.63, 3.8) is 0 Å². The van der Waals surface area contributed by atoms with Crippen LogP contribution in [-0.4, -0.2) is 16.6 Å². The van der Waals surface area contributed by atoms with Gasteiger partial charge < -0.3 is 4.74 Å². The number of aromatic nitrogens is 2. The Morgan fingerprint density at radius 1 is 1.07 bits per heavy atom. The molecule has 0 amide bonds. The van der Waals surface area contributed by atoms with E-state index in [0.29, 0.717) is 18.9 Å². The molecule has 4 heteroatoms. The van der Waals surface area contributed by atoms with Gasteiger partial charge >= 0.3 is 5.97 Å². The normalized spacial score (nSPS) is 18.4. The summed E-state index contributed by atoms with van der Waals surface area (Å²) in [6.07, 6.45) is 4.61. The predicted molar refractivity (Wildman–Crippen MR) is 108 cm³/mol. The number of rotatable bonds is 5. The van der Waals surface area contributed by atoms with Crippen LogP contribution in [0.5, 0.6) is 0 Å². The zero-order chi connectivity index (χ0) is 19.7. The highest BCUT2D eigenvalue weighted by Crippen LogP contribution is 2.43. The molecular formula is C24H27N2O2+. The lowest BCUT2D eigenvalue weighted by atomic mass is 9.72. The first-order valence-corrected chi connectivity index (χ1v) is 9.89. The number of esters is 1. The Morgan fingerprint density at radius 2 is 1.64 bits per heavy atom. The van der Waals surface area contributed by atoms with E-state index >= 15 is 0 Å². The molecular weight excluding hydrogens is 348 g/mol. The number of aryl methyl sites for hydroxylation is 1. The van der Waals surface area contributed by atoms with Gasteiger partial charge in [-0.1, -0.05) is 74.5 Å². The zero-order valence-corrected chi connectivity index (χ0v) is 16.7. The van der Waals surface area contributed by atoms with Crippen molar-refractivity contribution in [2.24, 2.45) is 7.05 Å². The molecule has 28 heavy (non-hydrogen) atoms. The van der Waals surface area contributed by atoms with Crippen molar-refractivity contribution in [1.82, 2.24) is 4.57 Å². The maximum absolute atomic E-state index is 13.3. The van der Waals surface area contributed by atoms with Gasteiger partial charge in [-0.05, 0) is 11.1 Å². The smallest absolute Gasteiger partial charge is 0.321 e. The van der Waals surface area contributed by atoms with Crippen LogP contribution in [0.1, 0.15) is 43.1 Å². The lowest BCUT2D eigenvalue weighted by molar-refractivity contribution is -0.680. The zero-order valence-electron chi connectivity index (χ0n) is 16.7. The summed E-state index contributed by atoms with van der Waals surface area (Å²) in [5.74, 6) is 1.47. The number of carbonyl (C=O) groups is 1. The highest BCUT2D eigenvalue weighted by atomic mass is 16.6. The molecule has 1 atom stereocenters. The molecule has 0 aliphatic carbocycles. The molecule has 2 aromatic carbocycles. The number of benzene rings is 2. The molecule has 0 bridgehead atoms. The van der Waals surface area contributed by atoms with Gasteiger partial charge in [-0.2, -0.15) is 0 Å². The third kappa shape index (κ3) is 3.03. The minimum Gasteiger partial charge on any atom is -0.457 e. The van der Waals surface area contributed by atoms with Crippen LogP contribution in [0.15, 0.2) is 73.1 Å². The fourth-order valence-electron chi connectivity index (χ4n) is 4.55. The molecule has 1 aliphatic rings. The third-order valence-electron chi connectivity index (χ3n) is 5.73. The molecule has 4 rings (SSSR count). The lowest BCUT2D eigenvalue weighted by Gasteiger charge is -2.26. The largest absolute Gasteiger partial charge is 0.457 e. The number of cyclic esters (lactones) is 1. The van der Waals surface area contributed by atoms with Gasteiger partial charge in [-0.25, -0.2) is 9.13 Å². The van der Waals surface area contributed by atoms with E-state index in [1.807, 2.05) is 60.7 Å². The first-order chi connectivity index (χ1) is 13.5. The molecule has 2 heterocycles. The Balaban J connectivity index is 1.72. The van der Waals surface area contributed by atoms with E-state index in [9.17, 15) is 4.79 Å². The van der Waals surface area contributed by atoms with Crippen LogP contribution in [0.25, 0.3) is 0 Å². The summed E-state index contributed by atoms with van der Waals surface area (Å²) in [5, 5.41) is 0. The second-order valence-corrected chi connectivity index (χ2v) is 7.94. The third-order valence-corrected chi connectivity index (χ3v) is 5.73. The second kappa shape index (κ2) is 7.27. The highest BCUT2D eigenvalue weighted by molar-refractivity contribution is 5.89. The lowest BCUT2D eigenvalue weighted by Crippen LogP contribution is -2.34. The van der Waals surface area contributed by atoms with Crippen LogP contribution < -0.4 is 4.57 Å². The Hall–Kier alpha value is -2.88. The van der Waals surface area contributed by atoms with E-state index in [0.717, 1.165) is 11.1 Å². The first-order valence-electron chi connectivity index (χ1n) is 9.89. The number of carbonyl (C=O) groups excluding carboxylic acids is 1.